The molecule has 0 saturated heterocycles. The summed E-state index contributed by atoms with van der Waals surface area (Å²) in [4.78, 5) is 11.6. The minimum Gasteiger partial charge on any atom is -0.350 e. The number of primary amides is 1. The second-order valence-electron chi connectivity index (χ2n) is 3.47. The zero-order valence-electron chi connectivity index (χ0n) is 9.85. The molecule has 0 atom stereocenters. The molecule has 17 heavy (non-hydrogen) atoms. The van der Waals surface area contributed by atoms with Gasteiger partial charge in [0.25, 0.3) is 0 Å². The number of hydrazone groups is 1. The van der Waals surface area contributed by atoms with Crippen LogP contribution in [0.15, 0.2) is 34.3 Å². The van der Waals surface area contributed by atoms with E-state index in [9.17, 15) is 4.79 Å². The summed E-state index contributed by atoms with van der Waals surface area (Å²) in [6.45, 7) is 2.17. The third kappa shape index (κ3) is 5.40. The summed E-state index contributed by atoms with van der Waals surface area (Å²) in [5, 5.41) is 3.77. The Hall–Kier alpha value is -1.49. The van der Waals surface area contributed by atoms with Crippen molar-refractivity contribution < 1.29 is 4.79 Å². The number of carbonyl (C=O) groups excluding carboxylic acids is 1. The van der Waals surface area contributed by atoms with Crippen LogP contribution in [0.2, 0.25) is 0 Å². The van der Waals surface area contributed by atoms with Crippen LogP contribution in [0.25, 0.3) is 0 Å². The highest BCUT2D eigenvalue weighted by Gasteiger charge is 1.99. The number of unbranched alkanes of at least 4 members (excludes halogenated alkanes) is 1. The lowest BCUT2D eigenvalue weighted by molar-refractivity contribution is 0.249. The fourth-order valence-electron chi connectivity index (χ4n) is 1.21. The number of hydrogen-bond acceptors (Lipinski definition) is 3. The lowest BCUT2D eigenvalue weighted by Crippen LogP contribution is -2.24. The van der Waals surface area contributed by atoms with Crippen molar-refractivity contribution in [3.8, 4) is 0 Å². The largest absolute Gasteiger partial charge is 0.350 e. The summed E-state index contributed by atoms with van der Waals surface area (Å²) in [5.41, 5.74) is 8.10. The number of amides is 2. The van der Waals surface area contributed by atoms with Crippen LogP contribution in [0, 0.1) is 0 Å². The highest BCUT2D eigenvalue weighted by Crippen LogP contribution is 2.22. The van der Waals surface area contributed by atoms with Crippen molar-refractivity contribution in [2.45, 2.75) is 24.7 Å². The molecule has 1 rings (SSSR count). The van der Waals surface area contributed by atoms with Crippen LogP contribution in [0.4, 0.5) is 4.79 Å². The zero-order chi connectivity index (χ0) is 12.5. The lowest BCUT2D eigenvalue weighted by atomic mass is 10.2. The Labute approximate surface area is 106 Å². The highest BCUT2D eigenvalue weighted by atomic mass is 32.2. The topological polar surface area (TPSA) is 67.5 Å². The molecule has 1 aromatic carbocycles. The standard InChI is InChI=1S/C12H17N3OS/c1-2-3-8-17-11-7-5-4-6-10(11)9-14-15-12(13)16/h4-7,9H,2-3,8H2,1H3,(H3,13,15,16). The van der Waals surface area contributed by atoms with Gasteiger partial charge in [-0.3, -0.25) is 0 Å². The highest BCUT2D eigenvalue weighted by molar-refractivity contribution is 7.99. The monoisotopic (exact) mass is 251 g/mol. The quantitative estimate of drug-likeness (QED) is 0.353. The van der Waals surface area contributed by atoms with Crippen molar-refractivity contribution in [1.82, 2.24) is 5.43 Å². The van der Waals surface area contributed by atoms with Crippen LogP contribution >= 0.6 is 11.8 Å². The zero-order valence-corrected chi connectivity index (χ0v) is 10.7. The van der Waals surface area contributed by atoms with E-state index in [1.807, 2.05) is 24.3 Å². The van der Waals surface area contributed by atoms with Gasteiger partial charge in [0.15, 0.2) is 0 Å². The molecule has 92 valence electrons. The van der Waals surface area contributed by atoms with Crippen LogP contribution in [0.5, 0.6) is 0 Å². The van der Waals surface area contributed by atoms with Gasteiger partial charge in [0.2, 0.25) is 0 Å². The molecule has 4 nitrogen and oxygen atoms in total. The van der Waals surface area contributed by atoms with E-state index in [1.165, 1.54) is 12.8 Å². The SMILES string of the molecule is CCCCSc1ccccc1C=NNC(N)=O. The van der Waals surface area contributed by atoms with E-state index in [0.29, 0.717) is 0 Å². The first-order chi connectivity index (χ1) is 8.24. The maximum absolute atomic E-state index is 10.5. The number of thioether (sulfide) groups is 1. The molecule has 0 unspecified atom stereocenters. The fourth-order valence-corrected chi connectivity index (χ4v) is 2.33. The Morgan fingerprint density at radius 2 is 2.29 bits per heavy atom. The van der Waals surface area contributed by atoms with Crippen molar-refractivity contribution in [2.24, 2.45) is 10.8 Å². The van der Waals surface area contributed by atoms with Gasteiger partial charge in [-0.05, 0) is 18.2 Å². The second-order valence-corrected chi connectivity index (χ2v) is 4.61. The van der Waals surface area contributed by atoms with E-state index in [-0.39, 0.29) is 0 Å². The van der Waals surface area contributed by atoms with Crippen LogP contribution in [-0.4, -0.2) is 18.0 Å². The predicted octanol–water partition coefficient (Wildman–Crippen LogP) is 2.58. The Balaban J connectivity index is 2.63. The molecule has 0 bridgehead atoms. The maximum atomic E-state index is 10.5. The number of hydrogen-bond donors (Lipinski definition) is 2. The summed E-state index contributed by atoms with van der Waals surface area (Å²) in [5.74, 6) is 1.09. The molecule has 1 aromatic rings. The van der Waals surface area contributed by atoms with Gasteiger partial charge < -0.3 is 5.73 Å². The van der Waals surface area contributed by atoms with Crippen LogP contribution < -0.4 is 11.2 Å². The summed E-state index contributed by atoms with van der Waals surface area (Å²) in [7, 11) is 0. The number of rotatable bonds is 6. The van der Waals surface area contributed by atoms with Crippen molar-refractivity contribution in [3.05, 3.63) is 29.8 Å². The van der Waals surface area contributed by atoms with E-state index in [2.05, 4.69) is 17.5 Å². The van der Waals surface area contributed by atoms with Gasteiger partial charge >= 0.3 is 6.03 Å². The van der Waals surface area contributed by atoms with E-state index < -0.39 is 6.03 Å². The van der Waals surface area contributed by atoms with Gasteiger partial charge in [0.05, 0.1) is 6.21 Å². The number of urea groups is 1. The summed E-state index contributed by atoms with van der Waals surface area (Å²) >= 11 is 1.80. The first kappa shape index (κ1) is 13.6. The number of benzene rings is 1. The maximum Gasteiger partial charge on any atom is 0.332 e. The molecule has 0 aromatic heterocycles. The predicted molar refractivity (Wildman–Crippen MR) is 72.4 cm³/mol. The summed E-state index contributed by atoms with van der Waals surface area (Å²) in [6, 6.07) is 7.28. The average Bonchev–Trinajstić information content (AvgIpc) is 2.31. The number of nitrogens with one attached hydrogen (secondary N) is 1. The second kappa shape index (κ2) is 7.73. The van der Waals surface area contributed by atoms with Crippen molar-refractivity contribution in [3.63, 3.8) is 0 Å². The average molecular weight is 251 g/mol. The molecule has 0 aliphatic rings. The molecule has 0 aliphatic carbocycles. The summed E-state index contributed by atoms with van der Waals surface area (Å²) < 4.78 is 0. The van der Waals surface area contributed by atoms with Crippen molar-refractivity contribution in [1.29, 1.82) is 0 Å². The van der Waals surface area contributed by atoms with Gasteiger partial charge in [-0.15, -0.1) is 11.8 Å². The number of nitrogens with two attached hydrogens (primary N) is 1. The molecule has 2 amide bonds. The third-order valence-electron chi connectivity index (χ3n) is 2.05. The van der Waals surface area contributed by atoms with E-state index in [4.69, 9.17) is 5.73 Å². The van der Waals surface area contributed by atoms with Crippen molar-refractivity contribution in [2.75, 3.05) is 5.75 Å². The molecular weight excluding hydrogens is 234 g/mol. The van der Waals surface area contributed by atoms with Gasteiger partial charge in [0.1, 0.15) is 0 Å². The third-order valence-corrected chi connectivity index (χ3v) is 3.23. The first-order valence-corrected chi connectivity index (χ1v) is 6.53. The molecule has 3 N–H and O–H groups in total. The minimum atomic E-state index is -0.655. The minimum absolute atomic E-state index is 0.655. The van der Waals surface area contributed by atoms with Crippen LogP contribution in [-0.2, 0) is 0 Å². The van der Waals surface area contributed by atoms with Gasteiger partial charge in [-0.1, -0.05) is 31.5 Å². The van der Waals surface area contributed by atoms with E-state index in [1.54, 1.807) is 18.0 Å². The van der Waals surface area contributed by atoms with Crippen LogP contribution in [0.3, 0.4) is 0 Å². The molecule has 0 saturated carbocycles. The van der Waals surface area contributed by atoms with Crippen LogP contribution in [0.1, 0.15) is 25.3 Å². The molecule has 5 heteroatoms. The normalized spacial score (nSPS) is 10.6. The van der Waals surface area contributed by atoms with Gasteiger partial charge in [-0.25, -0.2) is 10.2 Å². The molecule has 0 radical (unpaired) electrons. The van der Waals surface area contributed by atoms with Crippen molar-refractivity contribution >= 4 is 24.0 Å². The van der Waals surface area contributed by atoms with E-state index in [0.717, 1.165) is 16.2 Å². The Morgan fingerprint density at radius 1 is 1.53 bits per heavy atom. The first-order valence-electron chi connectivity index (χ1n) is 5.54. The molecule has 0 fully saturated rings. The van der Waals surface area contributed by atoms with E-state index >= 15 is 0 Å². The molecular formula is C12H17N3OS. The Bertz CT molecular complexity index is 393. The fraction of sp³-hybridized carbons (Fsp3) is 0.333. The molecule has 0 aliphatic heterocycles. The number of carbonyl (C=O) groups is 1. The Kier molecular flexibility index (Phi) is 6.17. The smallest absolute Gasteiger partial charge is 0.332 e. The molecule has 0 spiro atoms. The van der Waals surface area contributed by atoms with Gasteiger partial charge in [0, 0.05) is 10.5 Å². The summed E-state index contributed by atoms with van der Waals surface area (Å²) in [6.07, 6.45) is 3.99. The van der Waals surface area contributed by atoms with Gasteiger partial charge in [-0.2, -0.15) is 5.10 Å². The lowest BCUT2D eigenvalue weighted by Gasteiger charge is -2.04. The molecule has 0 heterocycles. The number of nitrogens with zero attached hydrogens (tertiary/aromatic N) is 1. The Morgan fingerprint density at radius 3 is 3.00 bits per heavy atom.